The van der Waals surface area contributed by atoms with Gasteiger partial charge in [0.05, 0.1) is 38.9 Å². The van der Waals surface area contributed by atoms with Gasteiger partial charge >= 0.3 is 0 Å². The van der Waals surface area contributed by atoms with E-state index < -0.39 is 30.1 Å². The molecule has 1 saturated heterocycles. The van der Waals surface area contributed by atoms with Crippen molar-refractivity contribution >= 4 is 18.1 Å². The highest BCUT2D eigenvalue weighted by Gasteiger charge is 2.51. The average Bonchev–Trinajstić information content (AvgIpc) is 3.32. The highest BCUT2D eigenvalue weighted by Crippen LogP contribution is 2.51. The SMILES string of the molecule is CCC(=O)N(CCN1CCOCC1)[C@@H]1C=C(C(=O)NCCO)[C@@H]2c3cc(C=O)cc(OC)c3O[C@@H]2[C@H]1O. The van der Waals surface area contributed by atoms with Gasteiger partial charge in [0.1, 0.15) is 18.5 Å². The second-order valence-corrected chi connectivity index (χ2v) is 9.30. The second-order valence-electron chi connectivity index (χ2n) is 9.30. The maximum absolute atomic E-state index is 13.3. The molecule has 1 aliphatic carbocycles. The Morgan fingerprint density at radius 1 is 1.30 bits per heavy atom. The number of benzene rings is 1. The van der Waals surface area contributed by atoms with Crippen LogP contribution in [0.2, 0.25) is 0 Å². The molecule has 3 N–H and O–H groups in total. The number of nitrogens with one attached hydrogen (secondary N) is 1. The summed E-state index contributed by atoms with van der Waals surface area (Å²) in [5.41, 5.74) is 1.20. The zero-order valence-electron chi connectivity index (χ0n) is 21.2. The molecule has 202 valence electrons. The quantitative estimate of drug-likeness (QED) is 0.357. The zero-order chi connectivity index (χ0) is 26.5. The van der Waals surface area contributed by atoms with Crippen molar-refractivity contribution in [2.45, 2.75) is 37.5 Å². The van der Waals surface area contributed by atoms with Crippen molar-refractivity contribution in [2.24, 2.45) is 0 Å². The number of hydrogen-bond donors (Lipinski definition) is 3. The number of morpholine rings is 1. The van der Waals surface area contributed by atoms with E-state index >= 15 is 0 Å². The third kappa shape index (κ3) is 5.49. The molecule has 0 bridgehead atoms. The maximum atomic E-state index is 13.3. The van der Waals surface area contributed by atoms with Gasteiger partial charge in [0.25, 0.3) is 0 Å². The van der Waals surface area contributed by atoms with Crippen LogP contribution >= 0.6 is 0 Å². The molecule has 1 aromatic rings. The van der Waals surface area contributed by atoms with Crippen LogP contribution in [0.15, 0.2) is 23.8 Å². The summed E-state index contributed by atoms with van der Waals surface area (Å²) in [6.45, 7) is 5.29. The molecule has 3 aliphatic rings. The van der Waals surface area contributed by atoms with Crippen molar-refractivity contribution in [3.05, 3.63) is 34.9 Å². The normalized spacial score (nSPS) is 24.8. The number of amides is 2. The molecule has 1 aromatic carbocycles. The number of ether oxygens (including phenoxy) is 3. The summed E-state index contributed by atoms with van der Waals surface area (Å²) in [7, 11) is 1.45. The number of nitrogens with zero attached hydrogens (tertiary/aromatic N) is 2. The predicted octanol–water partition coefficient (Wildman–Crippen LogP) is -0.299. The summed E-state index contributed by atoms with van der Waals surface area (Å²) in [6, 6.07) is 2.36. The van der Waals surface area contributed by atoms with Crippen LogP contribution in [0, 0.1) is 0 Å². The number of methoxy groups -OCH3 is 1. The van der Waals surface area contributed by atoms with E-state index in [2.05, 4.69) is 10.2 Å². The lowest BCUT2D eigenvalue weighted by Crippen LogP contribution is -2.57. The number of carbonyl (C=O) groups is 3. The van der Waals surface area contributed by atoms with Gasteiger partial charge in [0.15, 0.2) is 11.5 Å². The molecule has 0 unspecified atom stereocenters. The number of aldehydes is 1. The van der Waals surface area contributed by atoms with Crippen LogP contribution in [0.4, 0.5) is 0 Å². The molecule has 2 heterocycles. The number of rotatable bonds is 10. The number of fused-ring (bicyclic) bond motifs is 3. The smallest absolute Gasteiger partial charge is 0.247 e. The van der Waals surface area contributed by atoms with Gasteiger partial charge in [-0.05, 0) is 18.2 Å². The van der Waals surface area contributed by atoms with E-state index in [1.165, 1.54) is 13.2 Å². The molecular weight excluding hydrogens is 482 g/mol. The highest BCUT2D eigenvalue weighted by molar-refractivity contribution is 5.96. The van der Waals surface area contributed by atoms with E-state index in [0.717, 1.165) is 13.1 Å². The standard InChI is InChI=1S/C26H35N3O8/c1-3-21(32)29(6-5-28-7-10-36-11-8-28)19-14-18(26(34)27-4-9-30)22-17-12-16(15-31)13-20(35-2)24(17)37-25(22)23(19)33/h12-15,19,22-23,25,30,33H,3-11H2,1-2H3,(H,27,34)/t19-,22+,23+,25+/m1/s1. The lowest BCUT2D eigenvalue weighted by atomic mass is 9.77. The molecule has 2 amide bonds. The maximum Gasteiger partial charge on any atom is 0.247 e. The molecule has 1 fully saturated rings. The van der Waals surface area contributed by atoms with Crippen molar-refractivity contribution in [3.63, 3.8) is 0 Å². The predicted molar refractivity (Wildman–Crippen MR) is 133 cm³/mol. The molecule has 37 heavy (non-hydrogen) atoms. The second kappa shape index (κ2) is 12.0. The van der Waals surface area contributed by atoms with E-state index in [4.69, 9.17) is 14.2 Å². The van der Waals surface area contributed by atoms with Gasteiger partial charge < -0.3 is 34.6 Å². The summed E-state index contributed by atoms with van der Waals surface area (Å²) in [5, 5.41) is 23.5. The number of aliphatic hydroxyl groups is 2. The Kier molecular flexibility index (Phi) is 8.80. The Labute approximate surface area is 216 Å². The lowest BCUT2D eigenvalue weighted by molar-refractivity contribution is -0.137. The third-order valence-electron chi connectivity index (χ3n) is 7.15. The first-order valence-electron chi connectivity index (χ1n) is 12.7. The van der Waals surface area contributed by atoms with Crippen molar-refractivity contribution < 1.29 is 38.8 Å². The van der Waals surface area contributed by atoms with Crippen molar-refractivity contribution in [1.82, 2.24) is 15.1 Å². The molecule has 0 spiro atoms. The fourth-order valence-corrected chi connectivity index (χ4v) is 5.28. The Morgan fingerprint density at radius 2 is 2.05 bits per heavy atom. The Bertz CT molecular complexity index is 1040. The molecule has 4 rings (SSSR count). The molecule has 4 atom stereocenters. The Morgan fingerprint density at radius 3 is 2.70 bits per heavy atom. The molecule has 11 heteroatoms. The first-order chi connectivity index (χ1) is 17.9. The van der Waals surface area contributed by atoms with E-state index in [1.807, 2.05) is 0 Å². The highest BCUT2D eigenvalue weighted by atomic mass is 16.5. The first kappa shape index (κ1) is 27.1. The molecule has 11 nitrogen and oxygen atoms in total. The van der Waals surface area contributed by atoms with Gasteiger partial charge in [-0.25, -0.2) is 0 Å². The minimum absolute atomic E-state index is 0.0425. The van der Waals surface area contributed by atoms with Crippen LogP contribution in [0.5, 0.6) is 11.5 Å². The minimum Gasteiger partial charge on any atom is -0.493 e. The monoisotopic (exact) mass is 517 g/mol. The lowest BCUT2D eigenvalue weighted by Gasteiger charge is -2.41. The van der Waals surface area contributed by atoms with Gasteiger partial charge in [-0.2, -0.15) is 0 Å². The number of carbonyl (C=O) groups excluding carboxylic acids is 3. The molecule has 0 saturated carbocycles. The first-order valence-corrected chi connectivity index (χ1v) is 12.7. The summed E-state index contributed by atoms with van der Waals surface area (Å²) >= 11 is 0. The molecule has 2 aliphatic heterocycles. The average molecular weight is 518 g/mol. The van der Waals surface area contributed by atoms with Crippen LogP contribution in [-0.2, 0) is 14.3 Å². The Hall–Kier alpha value is -2.99. The zero-order valence-corrected chi connectivity index (χ0v) is 21.2. The summed E-state index contributed by atoms with van der Waals surface area (Å²) in [4.78, 5) is 41.8. The van der Waals surface area contributed by atoms with Gasteiger partial charge in [0, 0.05) is 55.8 Å². The summed E-state index contributed by atoms with van der Waals surface area (Å²) in [6.07, 6.45) is 0.519. The Balaban J connectivity index is 1.72. The third-order valence-corrected chi connectivity index (χ3v) is 7.15. The summed E-state index contributed by atoms with van der Waals surface area (Å²) < 4.78 is 17.0. The van der Waals surface area contributed by atoms with Crippen molar-refractivity contribution in [3.8, 4) is 11.5 Å². The van der Waals surface area contributed by atoms with Gasteiger partial charge in [0.2, 0.25) is 11.8 Å². The van der Waals surface area contributed by atoms with Crippen molar-refractivity contribution in [1.29, 1.82) is 0 Å². The van der Waals surface area contributed by atoms with Crippen LogP contribution in [0.3, 0.4) is 0 Å². The minimum atomic E-state index is -1.14. The van der Waals surface area contributed by atoms with Crippen molar-refractivity contribution in [2.75, 3.05) is 59.7 Å². The molecular formula is C26H35N3O8. The van der Waals surface area contributed by atoms with E-state index in [-0.39, 0.29) is 25.5 Å². The topological polar surface area (TPSA) is 138 Å². The van der Waals surface area contributed by atoms with Crippen LogP contribution in [0.25, 0.3) is 0 Å². The number of hydrogen-bond acceptors (Lipinski definition) is 9. The molecule has 0 aromatic heterocycles. The fraction of sp³-hybridized carbons (Fsp3) is 0.577. The van der Waals surface area contributed by atoms with Gasteiger partial charge in [-0.15, -0.1) is 0 Å². The van der Waals surface area contributed by atoms with E-state index in [0.29, 0.717) is 60.8 Å². The van der Waals surface area contributed by atoms with Gasteiger partial charge in [-0.3, -0.25) is 19.3 Å². The van der Waals surface area contributed by atoms with Crippen LogP contribution in [-0.4, -0.2) is 116 Å². The van der Waals surface area contributed by atoms with E-state index in [9.17, 15) is 24.6 Å². The largest absolute Gasteiger partial charge is 0.493 e. The van der Waals surface area contributed by atoms with Crippen LogP contribution in [0.1, 0.15) is 35.2 Å². The van der Waals surface area contributed by atoms with E-state index in [1.54, 1.807) is 24.0 Å². The molecule has 0 radical (unpaired) electrons. The van der Waals surface area contributed by atoms with Crippen LogP contribution < -0.4 is 14.8 Å². The fourth-order valence-electron chi connectivity index (χ4n) is 5.28. The summed E-state index contributed by atoms with van der Waals surface area (Å²) in [5.74, 6) is -0.609. The number of aliphatic hydroxyl groups excluding tert-OH is 2. The van der Waals surface area contributed by atoms with Gasteiger partial charge in [-0.1, -0.05) is 6.92 Å².